The van der Waals surface area contributed by atoms with Crippen molar-refractivity contribution >= 4 is 5.91 Å². The number of nitrogens with two attached hydrogens (primary N) is 1. The van der Waals surface area contributed by atoms with Crippen molar-refractivity contribution in [1.29, 1.82) is 0 Å². The molecule has 4 heteroatoms. The van der Waals surface area contributed by atoms with E-state index in [1.165, 1.54) is 0 Å². The highest BCUT2D eigenvalue weighted by Crippen LogP contribution is 2.12. The van der Waals surface area contributed by atoms with Gasteiger partial charge in [0, 0.05) is 26.1 Å². The molecule has 0 bridgehead atoms. The third-order valence-corrected chi connectivity index (χ3v) is 2.90. The first-order valence-electron chi connectivity index (χ1n) is 5.70. The highest BCUT2D eigenvalue weighted by Gasteiger charge is 2.23. The summed E-state index contributed by atoms with van der Waals surface area (Å²) in [5.74, 6) is 0.214. The molecule has 0 radical (unpaired) electrons. The molecule has 0 aromatic heterocycles. The van der Waals surface area contributed by atoms with Gasteiger partial charge in [-0.25, -0.2) is 0 Å². The maximum atomic E-state index is 11.7. The van der Waals surface area contributed by atoms with E-state index >= 15 is 0 Å². The van der Waals surface area contributed by atoms with Crippen LogP contribution in [0, 0.1) is 0 Å². The van der Waals surface area contributed by atoms with Gasteiger partial charge in [0.15, 0.2) is 0 Å². The molecule has 1 aliphatic heterocycles. The van der Waals surface area contributed by atoms with Crippen LogP contribution in [0.1, 0.15) is 32.6 Å². The number of likely N-dealkylation sites (N-methyl/N-ethyl adjacent to an activating group) is 1. The lowest BCUT2D eigenvalue weighted by molar-refractivity contribution is -0.132. The molecule has 0 aromatic carbocycles. The van der Waals surface area contributed by atoms with Crippen molar-refractivity contribution in [2.24, 2.45) is 5.73 Å². The van der Waals surface area contributed by atoms with Gasteiger partial charge in [-0.3, -0.25) is 4.79 Å². The first kappa shape index (κ1) is 12.5. The van der Waals surface area contributed by atoms with E-state index in [2.05, 4.69) is 0 Å². The molecule has 2 N–H and O–H groups in total. The number of amides is 1. The monoisotopic (exact) mass is 214 g/mol. The van der Waals surface area contributed by atoms with Crippen molar-refractivity contribution in [2.75, 3.05) is 20.3 Å². The van der Waals surface area contributed by atoms with Crippen LogP contribution in [0.2, 0.25) is 0 Å². The third-order valence-electron chi connectivity index (χ3n) is 2.90. The molecule has 4 nitrogen and oxygen atoms in total. The minimum absolute atomic E-state index is 0.193. The molecule has 15 heavy (non-hydrogen) atoms. The Balaban J connectivity index is 2.20. The SMILES string of the molecule is CC(N)CCCC(=O)N(C)C1CCOC1. The molecule has 1 heterocycles. The largest absolute Gasteiger partial charge is 0.379 e. The van der Waals surface area contributed by atoms with Crippen LogP contribution in [-0.4, -0.2) is 43.2 Å². The Morgan fingerprint density at radius 1 is 1.67 bits per heavy atom. The molecule has 1 amide bonds. The molecular weight excluding hydrogens is 192 g/mol. The summed E-state index contributed by atoms with van der Waals surface area (Å²) in [5.41, 5.74) is 5.63. The number of carbonyl (C=O) groups is 1. The Labute approximate surface area is 91.8 Å². The van der Waals surface area contributed by atoms with Crippen LogP contribution in [0.4, 0.5) is 0 Å². The van der Waals surface area contributed by atoms with Crippen molar-refractivity contribution in [3.8, 4) is 0 Å². The van der Waals surface area contributed by atoms with E-state index in [1.807, 2.05) is 18.9 Å². The first-order chi connectivity index (χ1) is 7.11. The normalized spacial score (nSPS) is 22.7. The molecule has 0 saturated carbocycles. The molecular formula is C11H22N2O2. The van der Waals surface area contributed by atoms with Gasteiger partial charge in [-0.2, -0.15) is 0 Å². The van der Waals surface area contributed by atoms with Gasteiger partial charge in [0.1, 0.15) is 0 Å². The van der Waals surface area contributed by atoms with E-state index in [-0.39, 0.29) is 18.0 Å². The van der Waals surface area contributed by atoms with Crippen LogP contribution in [0.25, 0.3) is 0 Å². The van der Waals surface area contributed by atoms with Crippen LogP contribution in [0.5, 0.6) is 0 Å². The predicted octanol–water partition coefficient (Wildman–Crippen LogP) is 0.751. The Bertz CT molecular complexity index is 201. The van der Waals surface area contributed by atoms with Gasteiger partial charge in [0.25, 0.3) is 0 Å². The Hall–Kier alpha value is -0.610. The van der Waals surface area contributed by atoms with E-state index in [0.29, 0.717) is 13.0 Å². The number of hydrogen-bond acceptors (Lipinski definition) is 3. The maximum absolute atomic E-state index is 11.7. The summed E-state index contributed by atoms with van der Waals surface area (Å²) in [6.07, 6.45) is 3.37. The van der Waals surface area contributed by atoms with Crippen LogP contribution < -0.4 is 5.73 Å². The fourth-order valence-electron chi connectivity index (χ4n) is 1.78. The number of ether oxygens (including phenoxy) is 1. The van der Waals surface area contributed by atoms with Crippen molar-refractivity contribution in [3.05, 3.63) is 0 Å². The second kappa shape index (κ2) is 6.08. The highest BCUT2D eigenvalue weighted by molar-refractivity contribution is 5.76. The van der Waals surface area contributed by atoms with Crippen LogP contribution in [-0.2, 0) is 9.53 Å². The number of nitrogens with zero attached hydrogens (tertiary/aromatic N) is 1. The summed E-state index contributed by atoms with van der Waals surface area (Å²) in [6.45, 7) is 3.44. The van der Waals surface area contributed by atoms with E-state index < -0.39 is 0 Å². The zero-order valence-corrected chi connectivity index (χ0v) is 9.74. The minimum atomic E-state index is 0.193. The summed E-state index contributed by atoms with van der Waals surface area (Å²) in [4.78, 5) is 13.6. The summed E-state index contributed by atoms with van der Waals surface area (Å²) in [7, 11) is 1.87. The van der Waals surface area contributed by atoms with Crippen molar-refractivity contribution in [2.45, 2.75) is 44.7 Å². The molecule has 0 aliphatic carbocycles. The third kappa shape index (κ3) is 4.18. The van der Waals surface area contributed by atoms with Gasteiger partial charge in [-0.05, 0) is 26.2 Å². The molecule has 1 fully saturated rings. The van der Waals surface area contributed by atoms with Gasteiger partial charge in [-0.1, -0.05) is 0 Å². The summed E-state index contributed by atoms with van der Waals surface area (Å²) >= 11 is 0. The fourth-order valence-corrected chi connectivity index (χ4v) is 1.78. The van der Waals surface area contributed by atoms with Crippen LogP contribution in [0.15, 0.2) is 0 Å². The summed E-state index contributed by atoms with van der Waals surface area (Å²) < 4.78 is 5.26. The van der Waals surface area contributed by atoms with Gasteiger partial charge in [0.2, 0.25) is 5.91 Å². The number of carbonyl (C=O) groups excluding carboxylic acids is 1. The Kier molecular flexibility index (Phi) is 5.05. The second-order valence-electron chi connectivity index (χ2n) is 4.39. The Morgan fingerprint density at radius 2 is 2.40 bits per heavy atom. The van der Waals surface area contributed by atoms with E-state index in [1.54, 1.807) is 0 Å². The lowest BCUT2D eigenvalue weighted by Gasteiger charge is -2.23. The molecule has 2 atom stereocenters. The van der Waals surface area contributed by atoms with Gasteiger partial charge in [-0.15, -0.1) is 0 Å². The summed E-state index contributed by atoms with van der Waals surface area (Å²) in [5, 5.41) is 0. The number of hydrogen-bond donors (Lipinski definition) is 1. The minimum Gasteiger partial charge on any atom is -0.379 e. The standard InChI is InChI=1S/C11H22N2O2/c1-9(12)4-3-5-11(14)13(2)10-6-7-15-8-10/h9-10H,3-8,12H2,1-2H3. The molecule has 0 spiro atoms. The molecule has 1 saturated heterocycles. The van der Waals surface area contributed by atoms with Crippen molar-refractivity contribution in [1.82, 2.24) is 4.90 Å². The second-order valence-corrected chi connectivity index (χ2v) is 4.39. The van der Waals surface area contributed by atoms with E-state index in [9.17, 15) is 4.79 Å². The van der Waals surface area contributed by atoms with Crippen molar-refractivity contribution < 1.29 is 9.53 Å². The zero-order chi connectivity index (χ0) is 11.3. The quantitative estimate of drug-likeness (QED) is 0.735. The van der Waals surface area contributed by atoms with Crippen molar-refractivity contribution in [3.63, 3.8) is 0 Å². The molecule has 0 aromatic rings. The van der Waals surface area contributed by atoms with Gasteiger partial charge >= 0.3 is 0 Å². The topological polar surface area (TPSA) is 55.6 Å². The highest BCUT2D eigenvalue weighted by atomic mass is 16.5. The lowest BCUT2D eigenvalue weighted by atomic mass is 10.1. The van der Waals surface area contributed by atoms with E-state index in [0.717, 1.165) is 25.9 Å². The molecule has 2 unspecified atom stereocenters. The fraction of sp³-hybridized carbons (Fsp3) is 0.909. The molecule has 1 aliphatic rings. The van der Waals surface area contributed by atoms with Gasteiger partial charge < -0.3 is 15.4 Å². The van der Waals surface area contributed by atoms with Gasteiger partial charge in [0.05, 0.1) is 12.6 Å². The average Bonchev–Trinajstić information content (AvgIpc) is 2.68. The van der Waals surface area contributed by atoms with Crippen LogP contribution in [0.3, 0.4) is 0 Å². The zero-order valence-electron chi connectivity index (χ0n) is 9.74. The smallest absolute Gasteiger partial charge is 0.222 e. The average molecular weight is 214 g/mol. The lowest BCUT2D eigenvalue weighted by Crippen LogP contribution is -2.37. The summed E-state index contributed by atoms with van der Waals surface area (Å²) in [6, 6.07) is 0.478. The number of rotatable bonds is 5. The first-order valence-corrected chi connectivity index (χ1v) is 5.70. The predicted molar refractivity (Wildman–Crippen MR) is 59.5 cm³/mol. The van der Waals surface area contributed by atoms with Crippen LogP contribution >= 0.6 is 0 Å². The van der Waals surface area contributed by atoms with E-state index in [4.69, 9.17) is 10.5 Å². The maximum Gasteiger partial charge on any atom is 0.222 e. The molecule has 1 rings (SSSR count). The Morgan fingerprint density at radius 3 is 2.93 bits per heavy atom. The molecule has 88 valence electrons.